The van der Waals surface area contributed by atoms with Crippen LogP contribution in [0.2, 0.25) is 0 Å². The molecule has 3 heteroatoms. The zero-order chi connectivity index (χ0) is 9.19. The summed E-state index contributed by atoms with van der Waals surface area (Å²) < 4.78 is 0. The summed E-state index contributed by atoms with van der Waals surface area (Å²) in [5, 5.41) is 18.1. The molecular formula is C9H13NO2. The van der Waals surface area contributed by atoms with Gasteiger partial charge in [-0.25, -0.2) is 0 Å². The average molecular weight is 167 g/mol. The molecule has 0 heterocycles. The first kappa shape index (κ1) is 9.19. The fourth-order valence-corrected chi connectivity index (χ4v) is 0.987. The second-order valence-electron chi connectivity index (χ2n) is 2.92. The molecule has 12 heavy (non-hydrogen) atoms. The molecule has 0 fully saturated rings. The molecule has 0 saturated carbocycles. The second-order valence-corrected chi connectivity index (χ2v) is 2.92. The van der Waals surface area contributed by atoms with Gasteiger partial charge in [0, 0.05) is 5.92 Å². The highest BCUT2D eigenvalue weighted by Crippen LogP contribution is 2.21. The Morgan fingerprint density at radius 2 is 1.75 bits per heavy atom. The van der Waals surface area contributed by atoms with Crippen LogP contribution in [0.1, 0.15) is 18.4 Å². The Bertz CT molecular complexity index is 240. The monoisotopic (exact) mass is 167 g/mol. The van der Waals surface area contributed by atoms with Crippen molar-refractivity contribution in [1.29, 1.82) is 0 Å². The van der Waals surface area contributed by atoms with Crippen molar-refractivity contribution in [1.82, 2.24) is 0 Å². The molecule has 0 aliphatic carbocycles. The zero-order valence-corrected chi connectivity index (χ0v) is 6.94. The molecule has 0 aromatic heterocycles. The molecule has 1 aromatic carbocycles. The molecular weight excluding hydrogens is 154 g/mol. The van der Waals surface area contributed by atoms with Gasteiger partial charge in [-0.05, 0) is 5.56 Å². The van der Waals surface area contributed by atoms with Gasteiger partial charge in [-0.1, -0.05) is 37.3 Å². The Balaban J connectivity index is 2.86. The van der Waals surface area contributed by atoms with Crippen molar-refractivity contribution in [2.24, 2.45) is 5.73 Å². The van der Waals surface area contributed by atoms with Crippen LogP contribution in [-0.4, -0.2) is 16.1 Å². The fraction of sp³-hybridized carbons (Fsp3) is 0.333. The SMILES string of the molecule is CC(c1ccccc1)C(N)(O)O. The van der Waals surface area contributed by atoms with Crippen LogP contribution in [0.15, 0.2) is 30.3 Å². The number of hydrogen-bond acceptors (Lipinski definition) is 3. The van der Waals surface area contributed by atoms with Crippen LogP contribution in [0.4, 0.5) is 0 Å². The van der Waals surface area contributed by atoms with Gasteiger partial charge >= 0.3 is 0 Å². The molecule has 1 rings (SSSR count). The van der Waals surface area contributed by atoms with Crippen molar-refractivity contribution in [3.05, 3.63) is 35.9 Å². The summed E-state index contributed by atoms with van der Waals surface area (Å²) >= 11 is 0. The lowest BCUT2D eigenvalue weighted by atomic mass is 9.98. The minimum atomic E-state index is -2.14. The lowest BCUT2D eigenvalue weighted by molar-refractivity contribution is -0.170. The third kappa shape index (κ3) is 2.04. The normalized spacial score (nSPS) is 14.3. The zero-order valence-electron chi connectivity index (χ0n) is 6.94. The van der Waals surface area contributed by atoms with E-state index >= 15 is 0 Å². The third-order valence-electron chi connectivity index (χ3n) is 1.94. The average Bonchev–Trinajstić information content (AvgIpc) is 2.03. The molecule has 1 atom stereocenters. The van der Waals surface area contributed by atoms with Gasteiger partial charge in [0.2, 0.25) is 5.91 Å². The molecule has 3 nitrogen and oxygen atoms in total. The van der Waals surface area contributed by atoms with Crippen molar-refractivity contribution in [2.45, 2.75) is 18.8 Å². The second kappa shape index (κ2) is 3.23. The van der Waals surface area contributed by atoms with Gasteiger partial charge in [-0.15, -0.1) is 0 Å². The molecule has 0 amide bonds. The van der Waals surface area contributed by atoms with E-state index in [0.717, 1.165) is 5.56 Å². The van der Waals surface area contributed by atoms with Crippen molar-refractivity contribution in [2.75, 3.05) is 0 Å². The molecule has 0 radical (unpaired) electrons. The van der Waals surface area contributed by atoms with E-state index in [9.17, 15) is 0 Å². The van der Waals surface area contributed by atoms with E-state index in [1.54, 1.807) is 19.1 Å². The van der Waals surface area contributed by atoms with Crippen LogP contribution in [0.5, 0.6) is 0 Å². The fourth-order valence-electron chi connectivity index (χ4n) is 0.987. The number of hydrogen-bond donors (Lipinski definition) is 3. The lowest BCUT2D eigenvalue weighted by Gasteiger charge is -2.23. The molecule has 0 aliphatic heterocycles. The summed E-state index contributed by atoms with van der Waals surface area (Å²) in [7, 11) is 0. The maximum absolute atomic E-state index is 9.07. The molecule has 4 N–H and O–H groups in total. The van der Waals surface area contributed by atoms with Crippen molar-refractivity contribution in [3.8, 4) is 0 Å². The van der Waals surface area contributed by atoms with E-state index in [1.807, 2.05) is 18.2 Å². The summed E-state index contributed by atoms with van der Waals surface area (Å²) in [5.41, 5.74) is 5.93. The Morgan fingerprint density at radius 1 is 1.25 bits per heavy atom. The van der Waals surface area contributed by atoms with Crippen molar-refractivity contribution >= 4 is 0 Å². The van der Waals surface area contributed by atoms with E-state index in [0.29, 0.717) is 0 Å². The molecule has 0 spiro atoms. The standard InChI is InChI=1S/C9H13NO2/c1-7(9(10,11)12)8-5-3-2-4-6-8/h2-7,11-12H,10H2,1H3. The van der Waals surface area contributed by atoms with Crippen LogP contribution in [-0.2, 0) is 0 Å². The van der Waals surface area contributed by atoms with Crippen LogP contribution in [0.25, 0.3) is 0 Å². The van der Waals surface area contributed by atoms with Crippen molar-refractivity contribution < 1.29 is 10.2 Å². The number of aliphatic hydroxyl groups is 2. The Labute approximate surface area is 71.5 Å². The molecule has 1 aromatic rings. The van der Waals surface area contributed by atoms with Gasteiger partial charge in [0.25, 0.3) is 0 Å². The van der Waals surface area contributed by atoms with Gasteiger partial charge in [0.1, 0.15) is 0 Å². The Kier molecular flexibility index (Phi) is 2.47. The minimum absolute atomic E-state index is 0.487. The summed E-state index contributed by atoms with van der Waals surface area (Å²) in [4.78, 5) is 0. The molecule has 1 unspecified atom stereocenters. The maximum Gasteiger partial charge on any atom is 0.226 e. The van der Waals surface area contributed by atoms with Gasteiger partial charge in [-0.3, -0.25) is 5.73 Å². The number of rotatable bonds is 2. The third-order valence-corrected chi connectivity index (χ3v) is 1.94. The van der Waals surface area contributed by atoms with Crippen LogP contribution in [0, 0.1) is 0 Å². The minimum Gasteiger partial charge on any atom is -0.353 e. The maximum atomic E-state index is 9.07. The first-order valence-electron chi connectivity index (χ1n) is 3.80. The van der Waals surface area contributed by atoms with Crippen LogP contribution in [0.3, 0.4) is 0 Å². The summed E-state index contributed by atoms with van der Waals surface area (Å²) in [6.07, 6.45) is 0. The van der Waals surface area contributed by atoms with Gasteiger partial charge in [-0.2, -0.15) is 0 Å². The van der Waals surface area contributed by atoms with Crippen LogP contribution < -0.4 is 5.73 Å². The van der Waals surface area contributed by atoms with E-state index in [1.165, 1.54) is 0 Å². The Hall–Kier alpha value is -0.900. The van der Waals surface area contributed by atoms with E-state index < -0.39 is 11.8 Å². The predicted octanol–water partition coefficient (Wildman–Crippen LogP) is 0.387. The van der Waals surface area contributed by atoms with Crippen molar-refractivity contribution in [3.63, 3.8) is 0 Å². The van der Waals surface area contributed by atoms with Gasteiger partial charge in [0.15, 0.2) is 0 Å². The summed E-state index contributed by atoms with van der Waals surface area (Å²) in [6, 6.07) is 9.13. The van der Waals surface area contributed by atoms with E-state index in [4.69, 9.17) is 15.9 Å². The topological polar surface area (TPSA) is 66.5 Å². The lowest BCUT2D eigenvalue weighted by Crippen LogP contribution is -2.44. The molecule has 0 aliphatic rings. The summed E-state index contributed by atoms with van der Waals surface area (Å²) in [6.45, 7) is 1.66. The smallest absolute Gasteiger partial charge is 0.226 e. The summed E-state index contributed by atoms with van der Waals surface area (Å²) in [5.74, 6) is -2.62. The highest BCUT2D eigenvalue weighted by molar-refractivity contribution is 5.20. The molecule has 66 valence electrons. The highest BCUT2D eigenvalue weighted by atomic mass is 16.5. The van der Waals surface area contributed by atoms with Gasteiger partial charge in [0.05, 0.1) is 0 Å². The molecule has 0 bridgehead atoms. The first-order valence-corrected chi connectivity index (χ1v) is 3.80. The van der Waals surface area contributed by atoms with Gasteiger partial charge < -0.3 is 10.2 Å². The predicted molar refractivity (Wildman–Crippen MR) is 46.2 cm³/mol. The van der Waals surface area contributed by atoms with E-state index in [2.05, 4.69) is 0 Å². The highest BCUT2D eigenvalue weighted by Gasteiger charge is 2.26. The quantitative estimate of drug-likeness (QED) is 0.558. The Morgan fingerprint density at radius 3 is 2.17 bits per heavy atom. The largest absolute Gasteiger partial charge is 0.353 e. The van der Waals surface area contributed by atoms with Crippen LogP contribution >= 0.6 is 0 Å². The number of benzene rings is 1. The molecule has 0 saturated heterocycles. The number of nitrogens with two attached hydrogens (primary N) is 1. The first-order chi connectivity index (χ1) is 5.52. The van der Waals surface area contributed by atoms with E-state index in [-0.39, 0.29) is 0 Å².